The Kier molecular flexibility index (Phi) is 6.45. The van der Waals surface area contributed by atoms with Crippen molar-refractivity contribution < 1.29 is 4.79 Å². The molecule has 0 bridgehead atoms. The quantitative estimate of drug-likeness (QED) is 0.376. The molecule has 3 aromatic carbocycles. The molecule has 1 N–H and O–H groups in total. The fraction of sp³-hybridized carbons (Fsp3) is 0.185. The lowest BCUT2D eigenvalue weighted by molar-refractivity contribution is -0.121. The highest BCUT2D eigenvalue weighted by molar-refractivity contribution is 8.00. The Morgan fingerprint density at radius 2 is 1.71 bits per heavy atom. The van der Waals surface area contributed by atoms with Gasteiger partial charge in [-0.15, -0.1) is 10.2 Å². The summed E-state index contributed by atoms with van der Waals surface area (Å²) in [7, 11) is 0. The normalized spacial score (nSPS) is 16.6. The smallest absolute Gasteiger partial charge is 0.223 e. The molecule has 0 spiro atoms. The molecule has 2 heterocycles. The zero-order valence-electron chi connectivity index (χ0n) is 19.4. The van der Waals surface area contributed by atoms with Crippen LogP contribution in [0.2, 0.25) is 5.02 Å². The molecular weight excluding hydrogens is 478 g/mol. The summed E-state index contributed by atoms with van der Waals surface area (Å²) < 4.78 is 2.02. The third-order valence-corrected chi connectivity index (χ3v) is 7.30. The van der Waals surface area contributed by atoms with Crippen LogP contribution >= 0.6 is 23.4 Å². The predicted molar refractivity (Wildman–Crippen MR) is 140 cm³/mol. The third kappa shape index (κ3) is 4.49. The van der Waals surface area contributed by atoms with E-state index >= 15 is 0 Å². The van der Waals surface area contributed by atoms with Gasteiger partial charge in [0.2, 0.25) is 5.91 Å². The fourth-order valence-corrected chi connectivity index (χ4v) is 5.65. The first kappa shape index (κ1) is 23.3. The summed E-state index contributed by atoms with van der Waals surface area (Å²) in [6.45, 7) is 4.36. The lowest BCUT2D eigenvalue weighted by atomic mass is 10.0. The second kappa shape index (κ2) is 9.68. The van der Waals surface area contributed by atoms with E-state index in [4.69, 9.17) is 16.6 Å². The second-order valence-corrected chi connectivity index (χ2v) is 10.0. The van der Waals surface area contributed by atoms with Crippen LogP contribution in [0.5, 0.6) is 0 Å². The zero-order valence-corrected chi connectivity index (χ0v) is 21.0. The van der Waals surface area contributed by atoms with Crippen LogP contribution in [0.3, 0.4) is 0 Å². The van der Waals surface area contributed by atoms with E-state index in [9.17, 15) is 4.79 Å². The van der Waals surface area contributed by atoms with Gasteiger partial charge in [0.05, 0.1) is 17.8 Å². The van der Waals surface area contributed by atoms with E-state index in [0.29, 0.717) is 17.4 Å². The second-order valence-electron chi connectivity index (χ2n) is 8.22. The molecule has 0 aliphatic carbocycles. The average Bonchev–Trinajstić information content (AvgIpc) is 3.20. The van der Waals surface area contributed by atoms with Crippen LogP contribution in [-0.2, 0) is 9.67 Å². The Morgan fingerprint density at radius 1 is 1.00 bits per heavy atom. The van der Waals surface area contributed by atoms with E-state index in [-0.39, 0.29) is 12.3 Å². The highest BCUT2D eigenvalue weighted by Crippen LogP contribution is 2.48. The number of carbonyl (C=O) groups is 1. The molecule has 35 heavy (non-hydrogen) atoms. The van der Waals surface area contributed by atoms with Crippen molar-refractivity contribution in [2.75, 3.05) is 6.54 Å². The summed E-state index contributed by atoms with van der Waals surface area (Å²) in [5, 5.41) is 12.6. The molecule has 4 aromatic rings. The summed E-state index contributed by atoms with van der Waals surface area (Å²) in [6, 6.07) is 25.7. The molecule has 1 aliphatic rings. The van der Waals surface area contributed by atoms with Crippen LogP contribution in [0.1, 0.15) is 36.1 Å². The number of halogens is 1. The number of aromatic nitrogens is 3. The number of para-hydroxylation sites is 1. The first-order valence-corrected chi connectivity index (χ1v) is 12.6. The number of fused-ring (bicyclic) bond motifs is 3. The molecule has 6 nitrogen and oxygen atoms in total. The number of carbonyl (C=O) groups excluding carboxylic acids is 1. The molecule has 1 aromatic heterocycles. The number of thioether (sulfide) groups is 1. The molecule has 1 amide bonds. The van der Waals surface area contributed by atoms with Gasteiger partial charge >= 0.3 is 0 Å². The summed E-state index contributed by atoms with van der Waals surface area (Å²) in [5.41, 5.74) is 3.54. The lowest BCUT2D eigenvalue weighted by Crippen LogP contribution is -2.34. The number of nitrogens with one attached hydrogen (secondary N) is 1. The Labute approximate surface area is 213 Å². The van der Waals surface area contributed by atoms with Crippen molar-refractivity contribution in [3.63, 3.8) is 0 Å². The number of amides is 1. The number of hydrogen-bond acceptors (Lipinski definition) is 5. The maximum absolute atomic E-state index is 13.1. The van der Waals surface area contributed by atoms with E-state index in [0.717, 1.165) is 33.2 Å². The minimum Gasteiger partial charge on any atom is -0.356 e. The van der Waals surface area contributed by atoms with Crippen LogP contribution in [0, 0.1) is 6.92 Å². The van der Waals surface area contributed by atoms with Gasteiger partial charge in [-0.05, 0) is 44.2 Å². The van der Waals surface area contributed by atoms with Gasteiger partial charge in [-0.3, -0.25) is 14.4 Å². The Morgan fingerprint density at radius 3 is 2.46 bits per heavy atom. The average molecular weight is 502 g/mol. The minimum absolute atomic E-state index is 0.101. The maximum atomic E-state index is 13.1. The van der Waals surface area contributed by atoms with Gasteiger partial charge in [0.15, 0.2) is 10.7 Å². The van der Waals surface area contributed by atoms with Gasteiger partial charge in [0, 0.05) is 27.6 Å². The molecule has 8 heteroatoms. The molecule has 0 radical (unpaired) electrons. The van der Waals surface area contributed by atoms with Gasteiger partial charge in [-0.25, -0.2) is 0 Å². The van der Waals surface area contributed by atoms with E-state index in [1.54, 1.807) is 0 Å². The van der Waals surface area contributed by atoms with Crippen molar-refractivity contribution >= 4 is 35.0 Å². The summed E-state index contributed by atoms with van der Waals surface area (Å²) in [5.74, 6) is 1.24. The van der Waals surface area contributed by atoms with Crippen molar-refractivity contribution in [2.45, 2.75) is 30.0 Å². The minimum atomic E-state index is -1.06. The molecule has 0 fully saturated rings. The van der Waals surface area contributed by atoms with Crippen LogP contribution in [0.25, 0.3) is 5.69 Å². The Bertz CT molecular complexity index is 1400. The molecule has 5 rings (SSSR count). The number of aliphatic imine (C=N–C) groups is 1. The molecule has 0 unspecified atom stereocenters. The maximum Gasteiger partial charge on any atom is 0.223 e. The van der Waals surface area contributed by atoms with E-state index < -0.39 is 4.87 Å². The Balaban J connectivity index is 1.83. The number of benzene rings is 3. The van der Waals surface area contributed by atoms with E-state index in [1.807, 2.05) is 97.3 Å². The topological polar surface area (TPSA) is 72.2 Å². The standard InChI is InChI=1S/C27H24ClN5OS/c1-3-29-24(34)17-27(35-21-9-5-4-6-10-21)26-32-31-18(2)33(26)23-12-8-7-11-22(23)25(30-27)19-13-15-20(28)16-14-19/h4-16H,3,17H2,1-2H3,(H,29,34)/t27-/m0/s1. The molecule has 1 aliphatic heterocycles. The summed E-state index contributed by atoms with van der Waals surface area (Å²) in [6.07, 6.45) is 0.101. The monoisotopic (exact) mass is 501 g/mol. The van der Waals surface area contributed by atoms with Crippen molar-refractivity contribution in [1.82, 2.24) is 20.1 Å². The first-order chi connectivity index (χ1) is 17.0. The van der Waals surface area contributed by atoms with Crippen LogP contribution in [0.4, 0.5) is 0 Å². The molecule has 0 saturated heterocycles. The number of rotatable bonds is 6. The van der Waals surface area contributed by atoms with Crippen molar-refractivity contribution in [1.29, 1.82) is 0 Å². The molecular formula is C27H24ClN5OS. The van der Waals surface area contributed by atoms with Crippen molar-refractivity contribution in [2.24, 2.45) is 4.99 Å². The fourth-order valence-electron chi connectivity index (χ4n) is 4.28. The van der Waals surface area contributed by atoms with Gasteiger partial charge in [0.25, 0.3) is 0 Å². The lowest BCUT2D eigenvalue weighted by Gasteiger charge is -2.28. The molecule has 1 atom stereocenters. The number of nitrogens with zero attached hydrogens (tertiary/aromatic N) is 4. The van der Waals surface area contributed by atoms with Crippen LogP contribution < -0.4 is 5.32 Å². The summed E-state index contributed by atoms with van der Waals surface area (Å²) >= 11 is 7.72. The van der Waals surface area contributed by atoms with Gasteiger partial charge < -0.3 is 5.32 Å². The molecule has 0 saturated carbocycles. The van der Waals surface area contributed by atoms with Crippen molar-refractivity contribution in [3.8, 4) is 5.69 Å². The van der Waals surface area contributed by atoms with E-state index in [2.05, 4.69) is 15.5 Å². The van der Waals surface area contributed by atoms with Crippen LogP contribution in [-0.4, -0.2) is 32.9 Å². The first-order valence-electron chi connectivity index (χ1n) is 11.4. The van der Waals surface area contributed by atoms with Gasteiger partial charge in [-0.2, -0.15) is 0 Å². The number of aryl methyl sites for hydroxylation is 1. The highest BCUT2D eigenvalue weighted by Gasteiger charge is 2.44. The Hall–Kier alpha value is -3.42. The van der Waals surface area contributed by atoms with Gasteiger partial charge in [-0.1, -0.05) is 71.9 Å². The molecule has 176 valence electrons. The SMILES string of the molecule is CCNC(=O)C[C@@]1(Sc2ccccc2)N=C(c2ccc(Cl)cc2)c2ccccc2-n2c(C)nnc21. The predicted octanol–water partition coefficient (Wildman–Crippen LogP) is 5.55. The zero-order chi connectivity index (χ0) is 24.4. The largest absolute Gasteiger partial charge is 0.356 e. The highest BCUT2D eigenvalue weighted by atomic mass is 35.5. The third-order valence-electron chi connectivity index (χ3n) is 5.79. The van der Waals surface area contributed by atoms with Crippen LogP contribution in [0.15, 0.2) is 88.8 Å². The number of hydrogen-bond donors (Lipinski definition) is 1. The van der Waals surface area contributed by atoms with Gasteiger partial charge in [0.1, 0.15) is 5.82 Å². The summed E-state index contributed by atoms with van der Waals surface area (Å²) in [4.78, 5) is 18.4. The van der Waals surface area contributed by atoms with E-state index in [1.165, 1.54) is 11.8 Å². The van der Waals surface area contributed by atoms with Crippen molar-refractivity contribution in [3.05, 3.63) is 107 Å².